The zero-order valence-corrected chi connectivity index (χ0v) is 17.6. The molecule has 2 unspecified atom stereocenters. The Morgan fingerprint density at radius 1 is 1.04 bits per heavy atom. The Balaban J connectivity index is -0.000000478. The van der Waals surface area contributed by atoms with Crippen LogP contribution >= 0.6 is 11.8 Å². The number of thioether (sulfide) groups is 1. The smallest absolute Gasteiger partial charge is 0.0479 e. The lowest BCUT2D eigenvalue weighted by atomic mass is 9.87. The molecule has 0 amide bonds. The van der Waals surface area contributed by atoms with Gasteiger partial charge in [-0.15, -0.1) is 11.8 Å². The van der Waals surface area contributed by atoms with E-state index in [1.54, 1.807) is 0 Å². The Hall–Kier alpha value is 0.190. The van der Waals surface area contributed by atoms with E-state index in [1.165, 1.54) is 63.8 Å². The van der Waals surface area contributed by atoms with Crippen molar-refractivity contribution in [2.75, 3.05) is 19.0 Å². The topological polar surface area (TPSA) is 95.3 Å². The highest BCUT2D eigenvalue weighted by Gasteiger charge is 2.23. The van der Waals surface area contributed by atoms with E-state index >= 15 is 0 Å². The summed E-state index contributed by atoms with van der Waals surface area (Å²) in [5.41, 5.74) is 0.0972. The molecule has 0 spiro atoms. The molecule has 2 atom stereocenters. The van der Waals surface area contributed by atoms with Crippen molar-refractivity contribution >= 4 is 11.8 Å². The highest BCUT2D eigenvalue weighted by molar-refractivity contribution is 7.99. The number of hydrogen-bond acceptors (Lipinski definition) is 3. The van der Waals surface area contributed by atoms with Crippen molar-refractivity contribution in [1.29, 1.82) is 0 Å². The number of aliphatic hydroxyl groups is 1. The first-order valence-electron chi connectivity index (χ1n) is 9.37. The second kappa shape index (κ2) is 18.0. The molecule has 1 rings (SSSR count). The normalized spacial score (nSPS) is 20.2. The monoisotopic (exact) mass is 367 g/mol. The molecule has 150 valence electrons. The van der Waals surface area contributed by atoms with Crippen LogP contribution in [0, 0.1) is 11.3 Å². The first-order chi connectivity index (χ1) is 10.4. The molecular weight excluding hydrogens is 322 g/mol. The van der Waals surface area contributed by atoms with Crippen LogP contribution < -0.4 is 5.32 Å². The van der Waals surface area contributed by atoms with Gasteiger partial charge in [0.25, 0.3) is 0 Å². The van der Waals surface area contributed by atoms with Gasteiger partial charge < -0.3 is 21.4 Å². The van der Waals surface area contributed by atoms with Crippen LogP contribution in [0.1, 0.15) is 86.0 Å². The zero-order valence-electron chi connectivity index (χ0n) is 16.8. The Morgan fingerprint density at radius 2 is 1.62 bits per heavy atom. The lowest BCUT2D eigenvalue weighted by molar-refractivity contribution is 0.177. The van der Waals surface area contributed by atoms with Gasteiger partial charge in [-0.05, 0) is 37.1 Å². The van der Waals surface area contributed by atoms with Crippen LogP contribution in [0.25, 0.3) is 0 Å². The second-order valence-corrected chi connectivity index (χ2v) is 8.96. The summed E-state index contributed by atoms with van der Waals surface area (Å²) in [5, 5.41) is 12.9. The number of unbranched alkanes of at least 4 members (excludes halogenated alkanes) is 2. The minimum Gasteiger partial charge on any atom is -0.412 e. The molecule has 0 aromatic heterocycles. The number of aliphatic hydroxyl groups excluding tert-OH is 1. The summed E-state index contributed by atoms with van der Waals surface area (Å²) in [4.78, 5) is 0. The van der Waals surface area contributed by atoms with Gasteiger partial charge in [0.2, 0.25) is 0 Å². The van der Waals surface area contributed by atoms with Gasteiger partial charge in [-0.2, -0.15) is 0 Å². The highest BCUT2D eigenvalue weighted by Crippen LogP contribution is 2.34. The Kier molecular flexibility index (Phi) is 21.7. The lowest BCUT2D eigenvalue weighted by Gasteiger charge is -2.30. The molecule has 0 heterocycles. The molecule has 1 fully saturated rings. The quantitative estimate of drug-likeness (QED) is 0.504. The summed E-state index contributed by atoms with van der Waals surface area (Å²) in [6.07, 6.45) is 11.3. The third-order valence-corrected chi connectivity index (χ3v) is 5.61. The summed E-state index contributed by atoms with van der Waals surface area (Å²) in [7, 11) is 0. The van der Waals surface area contributed by atoms with Gasteiger partial charge in [-0.1, -0.05) is 66.7 Å². The van der Waals surface area contributed by atoms with E-state index in [0.717, 1.165) is 11.2 Å². The summed E-state index contributed by atoms with van der Waals surface area (Å²) in [6, 6.07) is 0. The van der Waals surface area contributed by atoms with Crippen molar-refractivity contribution in [2.45, 2.75) is 91.2 Å². The minimum atomic E-state index is 0. The van der Waals surface area contributed by atoms with E-state index in [-0.39, 0.29) is 23.0 Å². The molecule has 1 aliphatic carbocycles. The van der Waals surface area contributed by atoms with Crippen molar-refractivity contribution in [2.24, 2.45) is 11.3 Å². The molecular formula is C19H45NO3S. The van der Waals surface area contributed by atoms with E-state index in [0.29, 0.717) is 0 Å². The average Bonchev–Trinajstić information content (AvgIpc) is 2.51. The van der Waals surface area contributed by atoms with E-state index in [9.17, 15) is 0 Å². The van der Waals surface area contributed by atoms with Crippen LogP contribution in [-0.2, 0) is 0 Å². The molecule has 6 N–H and O–H groups in total. The van der Waals surface area contributed by atoms with Crippen LogP contribution in [0.15, 0.2) is 0 Å². The van der Waals surface area contributed by atoms with Crippen LogP contribution in [-0.4, -0.2) is 40.3 Å². The second-order valence-electron chi connectivity index (χ2n) is 7.73. The van der Waals surface area contributed by atoms with Gasteiger partial charge in [-0.3, -0.25) is 0 Å². The highest BCUT2D eigenvalue weighted by atomic mass is 32.2. The molecule has 0 aromatic carbocycles. The first kappa shape index (κ1) is 29.0. The summed E-state index contributed by atoms with van der Waals surface area (Å²) < 4.78 is 0. The fourth-order valence-corrected chi connectivity index (χ4v) is 4.01. The molecule has 0 saturated heterocycles. The van der Waals surface area contributed by atoms with Crippen molar-refractivity contribution in [1.82, 2.24) is 5.32 Å². The van der Waals surface area contributed by atoms with Crippen molar-refractivity contribution in [3.8, 4) is 0 Å². The summed E-state index contributed by atoms with van der Waals surface area (Å²) >= 11 is 2.18. The number of nitrogens with one attached hydrogen (secondary N) is 1. The first-order valence-corrected chi connectivity index (χ1v) is 10.4. The van der Waals surface area contributed by atoms with Crippen LogP contribution in [0.2, 0.25) is 0 Å². The third-order valence-electron chi connectivity index (χ3n) is 4.19. The van der Waals surface area contributed by atoms with E-state index < -0.39 is 0 Å². The van der Waals surface area contributed by atoms with Crippen molar-refractivity contribution in [3.63, 3.8) is 0 Å². The standard InChI is InChI=1S/C14H29NS.C5H12O.2H2O/c1-3-5-8-11-15-12-16-14-10-7-6-9-13(14)4-2;1-5(2,3)4-6;;/h13-15H,3-12H2,1-2H3;6H,4H2,1-3H3;2*1H2. The van der Waals surface area contributed by atoms with E-state index in [1.807, 2.05) is 20.8 Å². The largest absolute Gasteiger partial charge is 0.412 e. The Bertz CT molecular complexity index is 247. The van der Waals surface area contributed by atoms with Gasteiger partial charge in [-0.25, -0.2) is 0 Å². The van der Waals surface area contributed by atoms with Crippen LogP contribution in [0.4, 0.5) is 0 Å². The van der Waals surface area contributed by atoms with Gasteiger partial charge in [0.1, 0.15) is 0 Å². The molecule has 4 nitrogen and oxygen atoms in total. The fraction of sp³-hybridized carbons (Fsp3) is 1.00. The molecule has 1 aliphatic rings. The van der Waals surface area contributed by atoms with Crippen LogP contribution in [0.5, 0.6) is 0 Å². The SMILES string of the molecule is CC(C)(C)CO.CCCCCNCSC1CCCCC1CC.O.O. The third kappa shape index (κ3) is 17.0. The van der Waals surface area contributed by atoms with Crippen molar-refractivity contribution < 1.29 is 16.1 Å². The maximum absolute atomic E-state index is 8.40. The maximum atomic E-state index is 8.40. The predicted molar refractivity (Wildman–Crippen MR) is 110 cm³/mol. The Morgan fingerprint density at radius 3 is 2.12 bits per heavy atom. The van der Waals surface area contributed by atoms with Crippen molar-refractivity contribution in [3.05, 3.63) is 0 Å². The van der Waals surface area contributed by atoms with Gasteiger partial charge in [0, 0.05) is 17.7 Å². The number of rotatable bonds is 8. The summed E-state index contributed by atoms with van der Waals surface area (Å²) in [5.74, 6) is 2.17. The molecule has 24 heavy (non-hydrogen) atoms. The Labute approximate surface area is 155 Å². The van der Waals surface area contributed by atoms with E-state index in [2.05, 4.69) is 30.9 Å². The maximum Gasteiger partial charge on any atom is 0.0479 e. The van der Waals surface area contributed by atoms with Gasteiger partial charge >= 0.3 is 0 Å². The minimum absolute atomic E-state index is 0. The molecule has 5 heteroatoms. The molecule has 0 radical (unpaired) electrons. The number of hydrogen-bond donors (Lipinski definition) is 2. The average molecular weight is 368 g/mol. The molecule has 0 aliphatic heterocycles. The van der Waals surface area contributed by atoms with Gasteiger partial charge in [0.05, 0.1) is 0 Å². The lowest BCUT2D eigenvalue weighted by Crippen LogP contribution is -2.24. The van der Waals surface area contributed by atoms with Crippen LogP contribution in [0.3, 0.4) is 0 Å². The van der Waals surface area contributed by atoms with Gasteiger partial charge in [0.15, 0.2) is 0 Å². The zero-order chi connectivity index (χ0) is 16.8. The summed E-state index contributed by atoms with van der Waals surface area (Å²) in [6.45, 7) is 12.1. The fourth-order valence-electron chi connectivity index (χ4n) is 2.60. The molecule has 1 saturated carbocycles. The van der Waals surface area contributed by atoms with E-state index in [4.69, 9.17) is 5.11 Å². The molecule has 0 aromatic rings. The molecule has 0 bridgehead atoms. The predicted octanol–water partition coefficient (Wildman–Crippen LogP) is 3.80.